The second-order valence-electron chi connectivity index (χ2n) is 6.48. The first-order valence-corrected chi connectivity index (χ1v) is 9.33. The van der Waals surface area contributed by atoms with Gasteiger partial charge in [0.25, 0.3) is 0 Å². The van der Waals surface area contributed by atoms with Crippen molar-refractivity contribution in [3.63, 3.8) is 0 Å². The molecule has 2 rings (SSSR count). The van der Waals surface area contributed by atoms with Crippen molar-refractivity contribution in [2.24, 2.45) is 5.41 Å². The summed E-state index contributed by atoms with van der Waals surface area (Å²) in [4.78, 5) is 32.2. The summed E-state index contributed by atoms with van der Waals surface area (Å²) in [5, 5.41) is 36.8. The fraction of sp³-hybridized carbons (Fsp3) is 0.500. The number of carbonyl (C=O) groups is 3. The molecule has 3 atom stereocenters. The molecule has 1 aromatic carbocycles. The second-order valence-corrected chi connectivity index (χ2v) is 7.30. The zero-order valence-electron chi connectivity index (χ0n) is 15.2. The van der Waals surface area contributed by atoms with E-state index in [1.54, 1.807) is 18.2 Å². The molecule has 1 aromatic rings. The number of hydrogen-bond acceptors (Lipinski definition) is 6. The topological polar surface area (TPSA) is 144 Å². The van der Waals surface area contributed by atoms with Crippen LogP contribution in [0.1, 0.15) is 36.5 Å². The van der Waals surface area contributed by atoms with Gasteiger partial charge in [0.2, 0.25) is 0 Å². The smallest absolute Gasteiger partial charge is 0.335 e. The van der Waals surface area contributed by atoms with Crippen LogP contribution in [0.5, 0.6) is 0 Å². The minimum absolute atomic E-state index is 0.188. The molecular formula is C18H23Cl2NO7. The van der Waals surface area contributed by atoms with Gasteiger partial charge in [0.1, 0.15) is 0 Å². The fourth-order valence-corrected chi connectivity index (χ4v) is 3.25. The number of aliphatic hydroxyl groups is 2. The Bertz CT molecular complexity index is 702. The van der Waals surface area contributed by atoms with Gasteiger partial charge in [-0.05, 0) is 37.6 Å². The summed E-state index contributed by atoms with van der Waals surface area (Å²) in [6.45, 7) is 3.79. The predicted molar refractivity (Wildman–Crippen MR) is 103 cm³/mol. The van der Waals surface area contributed by atoms with Gasteiger partial charge in [0, 0.05) is 17.5 Å². The number of Topliss-reactive ketones (excluding diaryl/α,β-unsaturated/α-hetero) is 1. The number of rotatable bonds is 7. The third kappa shape index (κ3) is 6.15. The van der Waals surface area contributed by atoms with Crippen LogP contribution < -0.4 is 5.32 Å². The van der Waals surface area contributed by atoms with Crippen molar-refractivity contribution < 1.29 is 34.8 Å². The Balaban J connectivity index is 0.000000336. The van der Waals surface area contributed by atoms with E-state index in [1.165, 1.54) is 0 Å². The molecule has 156 valence electrons. The maximum Gasteiger partial charge on any atom is 0.335 e. The van der Waals surface area contributed by atoms with Crippen LogP contribution in [0, 0.1) is 5.41 Å². The first-order chi connectivity index (χ1) is 13.1. The Labute approximate surface area is 172 Å². The number of ketones is 1. The molecule has 0 aromatic heterocycles. The number of benzene rings is 1. The Kier molecular flexibility index (Phi) is 9.32. The Morgan fingerprint density at radius 2 is 1.68 bits per heavy atom. The highest BCUT2D eigenvalue weighted by Crippen LogP contribution is 2.36. The molecule has 0 radical (unpaired) electrons. The number of carbonyl (C=O) groups excluding carboxylic acids is 1. The minimum atomic E-state index is -2.27. The van der Waals surface area contributed by atoms with Gasteiger partial charge in [-0.3, -0.25) is 4.79 Å². The van der Waals surface area contributed by atoms with Crippen LogP contribution in [0.2, 0.25) is 10.0 Å². The van der Waals surface area contributed by atoms with E-state index in [2.05, 4.69) is 12.2 Å². The van der Waals surface area contributed by atoms with Crippen LogP contribution in [0.4, 0.5) is 0 Å². The van der Waals surface area contributed by atoms with Crippen molar-refractivity contribution in [3.8, 4) is 0 Å². The average Bonchev–Trinajstić information content (AvgIpc) is 3.12. The highest BCUT2D eigenvalue weighted by molar-refractivity contribution is 6.42. The Morgan fingerprint density at radius 3 is 2.07 bits per heavy atom. The summed E-state index contributed by atoms with van der Waals surface area (Å²) in [5.74, 6) is -3.35. The van der Waals surface area contributed by atoms with Crippen molar-refractivity contribution in [2.45, 2.75) is 38.4 Å². The molecule has 0 spiro atoms. The minimum Gasteiger partial charge on any atom is -0.479 e. The van der Waals surface area contributed by atoms with Gasteiger partial charge in [-0.1, -0.05) is 36.5 Å². The van der Waals surface area contributed by atoms with E-state index in [9.17, 15) is 14.4 Å². The third-order valence-electron chi connectivity index (χ3n) is 4.44. The fourth-order valence-electron chi connectivity index (χ4n) is 2.96. The average molecular weight is 436 g/mol. The zero-order valence-corrected chi connectivity index (χ0v) is 16.7. The number of aliphatic hydroxyl groups excluding tert-OH is 2. The molecule has 5 N–H and O–H groups in total. The maximum absolute atomic E-state index is 12.7. The van der Waals surface area contributed by atoms with Gasteiger partial charge in [-0.15, -0.1) is 0 Å². The summed E-state index contributed by atoms with van der Waals surface area (Å²) >= 11 is 11.9. The van der Waals surface area contributed by atoms with Crippen molar-refractivity contribution in [3.05, 3.63) is 33.8 Å². The second kappa shape index (κ2) is 10.7. The predicted octanol–water partition coefficient (Wildman–Crippen LogP) is 1.83. The Morgan fingerprint density at radius 1 is 1.11 bits per heavy atom. The molecular weight excluding hydrogens is 413 g/mol. The Hall–Kier alpha value is -1.71. The van der Waals surface area contributed by atoms with Crippen LogP contribution in [-0.2, 0) is 9.59 Å². The molecule has 1 aliphatic rings. The van der Waals surface area contributed by atoms with E-state index in [4.69, 9.17) is 43.6 Å². The summed E-state index contributed by atoms with van der Waals surface area (Å²) in [6.07, 6.45) is -1.71. The summed E-state index contributed by atoms with van der Waals surface area (Å²) in [7, 11) is 0. The van der Waals surface area contributed by atoms with Crippen molar-refractivity contribution in [2.75, 3.05) is 13.1 Å². The standard InChI is InChI=1S/C14H17Cl2NO.C4H6O6/c1-2-5-14(6-7-17-9-14)13(18)10-3-4-11(15)12(16)8-10;5-1(3(7)8)2(6)4(9)10/h3-4,8,17H,2,5-7,9H2,1H3;1-2,5-6H,(H,7,8)(H,9,10)/t14-;1-,2-/m00/s1. The van der Waals surface area contributed by atoms with Crippen LogP contribution in [0.3, 0.4) is 0 Å². The number of carboxylic acids is 2. The molecule has 1 aliphatic heterocycles. The van der Waals surface area contributed by atoms with Gasteiger partial charge < -0.3 is 25.7 Å². The van der Waals surface area contributed by atoms with Gasteiger partial charge in [-0.2, -0.15) is 0 Å². The van der Waals surface area contributed by atoms with Crippen molar-refractivity contribution >= 4 is 40.9 Å². The normalized spacial score (nSPS) is 20.6. The largest absolute Gasteiger partial charge is 0.479 e. The highest BCUT2D eigenvalue weighted by atomic mass is 35.5. The van der Waals surface area contributed by atoms with Gasteiger partial charge in [0.05, 0.1) is 10.0 Å². The number of carboxylic acid groups (broad SMARTS) is 2. The number of hydrogen-bond donors (Lipinski definition) is 5. The molecule has 0 aliphatic carbocycles. The maximum atomic E-state index is 12.7. The third-order valence-corrected chi connectivity index (χ3v) is 5.18. The highest BCUT2D eigenvalue weighted by Gasteiger charge is 2.40. The lowest BCUT2D eigenvalue weighted by Gasteiger charge is -2.26. The molecule has 0 bridgehead atoms. The summed E-state index contributed by atoms with van der Waals surface area (Å²) in [5.41, 5.74) is 0.410. The SMILES string of the molecule is CCC[C@]1(C(=O)c2ccc(Cl)c(Cl)c2)CCNC1.O=C(O)[C@@H](O)[C@H](O)C(=O)O. The number of aliphatic carboxylic acids is 2. The molecule has 0 amide bonds. The zero-order chi connectivity index (χ0) is 21.5. The molecule has 1 saturated heterocycles. The molecule has 10 heteroatoms. The molecule has 0 saturated carbocycles. The first kappa shape index (κ1) is 24.3. The monoisotopic (exact) mass is 435 g/mol. The molecule has 1 fully saturated rings. The molecule has 8 nitrogen and oxygen atoms in total. The van der Waals surface area contributed by atoms with Crippen molar-refractivity contribution in [1.82, 2.24) is 5.32 Å². The van der Waals surface area contributed by atoms with Crippen LogP contribution in [-0.4, -0.2) is 63.4 Å². The quantitative estimate of drug-likeness (QED) is 0.407. The van der Waals surface area contributed by atoms with E-state index >= 15 is 0 Å². The lowest BCUT2D eigenvalue weighted by Crippen LogP contribution is -2.39. The van der Waals surface area contributed by atoms with Gasteiger partial charge in [0.15, 0.2) is 18.0 Å². The number of nitrogens with one attached hydrogen (secondary N) is 1. The molecule has 1 heterocycles. The van der Waals surface area contributed by atoms with Crippen LogP contribution >= 0.6 is 23.2 Å². The summed E-state index contributed by atoms with van der Waals surface area (Å²) < 4.78 is 0. The first-order valence-electron chi connectivity index (χ1n) is 8.58. The molecule has 28 heavy (non-hydrogen) atoms. The van der Waals surface area contributed by atoms with E-state index in [-0.39, 0.29) is 11.2 Å². The van der Waals surface area contributed by atoms with Crippen LogP contribution in [0.25, 0.3) is 0 Å². The lowest BCUT2D eigenvalue weighted by molar-refractivity contribution is -0.165. The molecule has 0 unspecified atom stereocenters. The summed E-state index contributed by atoms with van der Waals surface area (Å²) in [6, 6.07) is 5.15. The van der Waals surface area contributed by atoms with E-state index in [0.717, 1.165) is 32.4 Å². The van der Waals surface area contributed by atoms with E-state index < -0.39 is 24.1 Å². The van der Waals surface area contributed by atoms with Gasteiger partial charge in [-0.25, -0.2) is 9.59 Å². The van der Waals surface area contributed by atoms with E-state index in [1.807, 2.05) is 0 Å². The van der Waals surface area contributed by atoms with Crippen molar-refractivity contribution in [1.29, 1.82) is 0 Å². The number of halogens is 2. The van der Waals surface area contributed by atoms with Gasteiger partial charge >= 0.3 is 11.9 Å². The lowest BCUT2D eigenvalue weighted by atomic mass is 9.76. The van der Waals surface area contributed by atoms with E-state index in [0.29, 0.717) is 15.6 Å². The van der Waals surface area contributed by atoms with Crippen LogP contribution in [0.15, 0.2) is 18.2 Å².